The molecule has 5 nitrogen and oxygen atoms in total. The summed E-state index contributed by atoms with van der Waals surface area (Å²) in [4.78, 5) is 12.1. The minimum Gasteiger partial charge on any atom is -0.496 e. The van der Waals surface area contributed by atoms with E-state index in [4.69, 9.17) is 14.2 Å². The molecule has 0 bridgehead atoms. The van der Waals surface area contributed by atoms with Crippen LogP contribution in [0.2, 0.25) is 0 Å². The molecule has 2 aromatic rings. The Morgan fingerprint density at radius 2 is 1.76 bits per heavy atom. The molecule has 1 atom stereocenters. The van der Waals surface area contributed by atoms with Crippen molar-refractivity contribution in [1.29, 1.82) is 0 Å². The second-order valence-electron chi connectivity index (χ2n) is 5.38. The van der Waals surface area contributed by atoms with Crippen LogP contribution in [0.1, 0.15) is 25.5 Å². The van der Waals surface area contributed by atoms with Crippen LogP contribution in [0.15, 0.2) is 46.9 Å². The summed E-state index contributed by atoms with van der Waals surface area (Å²) < 4.78 is 16.9. The van der Waals surface area contributed by atoms with Crippen molar-refractivity contribution in [3.8, 4) is 17.2 Å². The van der Waals surface area contributed by atoms with Gasteiger partial charge in [-0.2, -0.15) is 0 Å². The molecule has 0 aliphatic rings. The maximum absolute atomic E-state index is 12.1. The molecule has 134 valence electrons. The van der Waals surface area contributed by atoms with Crippen LogP contribution < -0.4 is 19.5 Å². The number of methoxy groups -OCH3 is 1. The van der Waals surface area contributed by atoms with Gasteiger partial charge < -0.3 is 19.5 Å². The molecule has 1 amide bonds. The van der Waals surface area contributed by atoms with Gasteiger partial charge in [0.1, 0.15) is 17.2 Å². The zero-order valence-electron chi connectivity index (χ0n) is 14.5. The monoisotopic (exact) mass is 407 g/mol. The number of nitrogens with one attached hydrogen (secondary N) is 1. The number of carbonyl (C=O) groups is 1. The van der Waals surface area contributed by atoms with Crippen molar-refractivity contribution in [2.75, 3.05) is 20.3 Å². The number of carbonyl (C=O) groups excluding carboxylic acids is 1. The van der Waals surface area contributed by atoms with Crippen molar-refractivity contribution in [1.82, 2.24) is 5.32 Å². The Hall–Kier alpha value is -2.21. The molecule has 0 fully saturated rings. The molecule has 0 saturated heterocycles. The van der Waals surface area contributed by atoms with E-state index in [-0.39, 0.29) is 18.6 Å². The zero-order valence-corrected chi connectivity index (χ0v) is 16.1. The van der Waals surface area contributed by atoms with Gasteiger partial charge in [0.05, 0.1) is 24.2 Å². The fourth-order valence-electron chi connectivity index (χ4n) is 2.27. The fraction of sp³-hybridized carbons (Fsp3) is 0.316. The molecular weight excluding hydrogens is 386 g/mol. The second-order valence-corrected chi connectivity index (χ2v) is 6.23. The molecule has 0 aromatic heterocycles. The first kappa shape index (κ1) is 19.1. The van der Waals surface area contributed by atoms with Crippen molar-refractivity contribution in [3.05, 3.63) is 52.5 Å². The Bertz CT molecular complexity index is 703. The molecule has 0 radical (unpaired) electrons. The summed E-state index contributed by atoms with van der Waals surface area (Å²) in [5, 5.41) is 2.91. The molecule has 0 saturated carbocycles. The van der Waals surface area contributed by atoms with Gasteiger partial charge in [0.2, 0.25) is 0 Å². The van der Waals surface area contributed by atoms with Gasteiger partial charge in [-0.1, -0.05) is 6.07 Å². The number of rotatable bonds is 8. The van der Waals surface area contributed by atoms with Crippen molar-refractivity contribution < 1.29 is 19.0 Å². The first-order valence-electron chi connectivity index (χ1n) is 8.02. The Morgan fingerprint density at radius 3 is 2.32 bits per heavy atom. The number of benzene rings is 2. The van der Waals surface area contributed by atoms with Gasteiger partial charge in [0, 0.05) is 0 Å². The van der Waals surface area contributed by atoms with Crippen LogP contribution in [0, 0.1) is 0 Å². The summed E-state index contributed by atoms with van der Waals surface area (Å²) in [5.41, 5.74) is 0.974. The predicted octanol–water partition coefficient (Wildman–Crippen LogP) is 4.11. The third-order valence-corrected chi connectivity index (χ3v) is 4.18. The lowest BCUT2D eigenvalue weighted by Crippen LogP contribution is -2.31. The van der Waals surface area contributed by atoms with E-state index in [2.05, 4.69) is 21.2 Å². The lowest BCUT2D eigenvalue weighted by molar-refractivity contribution is -0.123. The first-order chi connectivity index (χ1) is 12.0. The minimum atomic E-state index is -0.187. The lowest BCUT2D eigenvalue weighted by Gasteiger charge is -2.16. The van der Waals surface area contributed by atoms with Crippen LogP contribution in [-0.4, -0.2) is 26.2 Å². The van der Waals surface area contributed by atoms with Gasteiger partial charge in [0.15, 0.2) is 6.61 Å². The van der Waals surface area contributed by atoms with E-state index in [9.17, 15) is 4.79 Å². The summed E-state index contributed by atoms with van der Waals surface area (Å²) in [5.74, 6) is 1.96. The smallest absolute Gasteiger partial charge is 0.258 e. The van der Waals surface area contributed by atoms with Gasteiger partial charge >= 0.3 is 0 Å². The van der Waals surface area contributed by atoms with Gasteiger partial charge in [-0.05, 0) is 71.7 Å². The molecule has 1 N–H and O–H groups in total. The first-order valence-corrected chi connectivity index (χ1v) is 8.81. The van der Waals surface area contributed by atoms with Crippen LogP contribution in [0.5, 0.6) is 17.2 Å². The molecule has 2 rings (SSSR count). The lowest BCUT2D eigenvalue weighted by atomic mass is 10.1. The second kappa shape index (κ2) is 9.32. The van der Waals surface area contributed by atoms with Crippen molar-refractivity contribution >= 4 is 21.8 Å². The van der Waals surface area contributed by atoms with Crippen LogP contribution in [0.25, 0.3) is 0 Å². The summed E-state index contributed by atoms with van der Waals surface area (Å²) in [6.45, 7) is 4.41. The maximum Gasteiger partial charge on any atom is 0.258 e. The van der Waals surface area contributed by atoms with E-state index in [1.54, 1.807) is 19.2 Å². The summed E-state index contributed by atoms with van der Waals surface area (Å²) in [6, 6.07) is 12.8. The topological polar surface area (TPSA) is 56.8 Å². The molecule has 2 aromatic carbocycles. The van der Waals surface area contributed by atoms with E-state index in [0.29, 0.717) is 12.4 Å². The Balaban J connectivity index is 1.85. The minimum absolute atomic E-state index is 0.0460. The summed E-state index contributed by atoms with van der Waals surface area (Å²) in [6.07, 6.45) is 0. The molecular formula is C19H22BrNO4. The Kier molecular flexibility index (Phi) is 7.13. The fourth-order valence-corrected chi connectivity index (χ4v) is 2.82. The Labute approximate surface area is 156 Å². The summed E-state index contributed by atoms with van der Waals surface area (Å²) in [7, 11) is 1.61. The number of hydrogen-bond donors (Lipinski definition) is 1. The summed E-state index contributed by atoms with van der Waals surface area (Å²) >= 11 is 3.45. The Morgan fingerprint density at radius 1 is 1.12 bits per heavy atom. The predicted molar refractivity (Wildman–Crippen MR) is 100 cm³/mol. The molecule has 0 aliphatic heterocycles. The van der Waals surface area contributed by atoms with E-state index in [0.717, 1.165) is 21.5 Å². The molecule has 0 heterocycles. The third-order valence-electron chi connectivity index (χ3n) is 3.56. The molecule has 6 heteroatoms. The van der Waals surface area contributed by atoms with Crippen molar-refractivity contribution in [2.45, 2.75) is 19.9 Å². The largest absolute Gasteiger partial charge is 0.496 e. The van der Waals surface area contributed by atoms with Gasteiger partial charge in [-0.15, -0.1) is 0 Å². The van der Waals surface area contributed by atoms with E-state index in [1.807, 2.05) is 44.2 Å². The highest BCUT2D eigenvalue weighted by Gasteiger charge is 2.12. The number of hydrogen-bond acceptors (Lipinski definition) is 4. The van der Waals surface area contributed by atoms with E-state index in [1.165, 1.54) is 0 Å². The highest BCUT2D eigenvalue weighted by Crippen LogP contribution is 2.28. The van der Waals surface area contributed by atoms with Crippen LogP contribution in [0.4, 0.5) is 0 Å². The molecule has 0 aliphatic carbocycles. The van der Waals surface area contributed by atoms with Gasteiger partial charge in [0.25, 0.3) is 5.91 Å². The molecule has 25 heavy (non-hydrogen) atoms. The molecule has 0 spiro atoms. The number of amides is 1. The highest BCUT2D eigenvalue weighted by molar-refractivity contribution is 9.10. The van der Waals surface area contributed by atoms with Crippen LogP contribution in [0.3, 0.4) is 0 Å². The quantitative estimate of drug-likeness (QED) is 0.714. The van der Waals surface area contributed by atoms with Crippen molar-refractivity contribution in [3.63, 3.8) is 0 Å². The third kappa shape index (κ3) is 5.67. The number of ether oxygens (including phenoxy) is 3. The normalized spacial score (nSPS) is 11.5. The van der Waals surface area contributed by atoms with Crippen molar-refractivity contribution in [2.24, 2.45) is 0 Å². The standard InChI is InChI=1S/C19H22BrNO4/c1-4-24-15-6-8-16(9-7-15)25-12-19(22)21-13(2)14-5-10-18(23-3)17(20)11-14/h5-11,13H,4,12H2,1-3H3,(H,21,22)/t13-/m1/s1. The average molecular weight is 408 g/mol. The van der Waals surface area contributed by atoms with Crippen LogP contribution in [-0.2, 0) is 4.79 Å². The van der Waals surface area contributed by atoms with E-state index < -0.39 is 0 Å². The van der Waals surface area contributed by atoms with Crippen LogP contribution >= 0.6 is 15.9 Å². The van der Waals surface area contributed by atoms with E-state index >= 15 is 0 Å². The maximum atomic E-state index is 12.1. The number of halogens is 1. The highest BCUT2D eigenvalue weighted by atomic mass is 79.9. The average Bonchev–Trinajstić information content (AvgIpc) is 2.61. The van der Waals surface area contributed by atoms with Gasteiger partial charge in [-0.3, -0.25) is 4.79 Å². The molecule has 0 unspecified atom stereocenters. The van der Waals surface area contributed by atoms with Gasteiger partial charge in [-0.25, -0.2) is 0 Å². The SMILES string of the molecule is CCOc1ccc(OCC(=O)N[C@H](C)c2ccc(OC)c(Br)c2)cc1. The zero-order chi connectivity index (χ0) is 18.2.